The van der Waals surface area contributed by atoms with Gasteiger partial charge in [-0.1, -0.05) is 35.3 Å². The Hall–Kier alpha value is -2.41. The van der Waals surface area contributed by atoms with Crippen LogP contribution in [-0.4, -0.2) is 54.8 Å². The molecule has 1 aliphatic heterocycles. The predicted octanol–water partition coefficient (Wildman–Crippen LogP) is 3.90. The van der Waals surface area contributed by atoms with Crippen LogP contribution >= 0.6 is 23.2 Å². The van der Waals surface area contributed by atoms with Crippen molar-refractivity contribution in [3.8, 4) is 0 Å². The lowest BCUT2D eigenvalue weighted by molar-refractivity contribution is 0.0638. The van der Waals surface area contributed by atoms with Crippen LogP contribution in [0.5, 0.6) is 0 Å². The summed E-state index contributed by atoms with van der Waals surface area (Å²) < 4.78 is 4.97. The van der Waals surface area contributed by atoms with Crippen LogP contribution in [0.4, 0.5) is 0 Å². The first-order chi connectivity index (χ1) is 13.8. The van der Waals surface area contributed by atoms with Gasteiger partial charge in [-0.3, -0.25) is 19.3 Å². The first kappa shape index (κ1) is 21.3. The van der Waals surface area contributed by atoms with Gasteiger partial charge in [0.1, 0.15) is 0 Å². The van der Waals surface area contributed by atoms with Crippen LogP contribution in [0, 0.1) is 0 Å². The standard InChI is InChI=1S/C21H20Cl2N2O4/c1-24(12-14-5-3-6-17(22)18(14)23)19(26)13-7-8-15-16(11-13)21(28)25(20(15)27)9-4-10-29-2/h3,5-8,11H,4,9-10,12H2,1-2H3. The number of benzene rings is 2. The number of carbonyl (C=O) groups excluding carboxylic acids is 3. The number of hydrogen-bond donors (Lipinski definition) is 0. The molecule has 3 amide bonds. The molecule has 0 spiro atoms. The minimum atomic E-state index is -0.392. The van der Waals surface area contributed by atoms with Crippen LogP contribution in [0.25, 0.3) is 0 Å². The Morgan fingerprint density at radius 1 is 1.10 bits per heavy atom. The summed E-state index contributed by atoms with van der Waals surface area (Å²) in [6.45, 7) is 0.982. The fourth-order valence-electron chi connectivity index (χ4n) is 3.21. The topological polar surface area (TPSA) is 66.9 Å². The summed E-state index contributed by atoms with van der Waals surface area (Å²) in [5, 5.41) is 0.815. The lowest BCUT2D eigenvalue weighted by Crippen LogP contribution is -2.31. The highest BCUT2D eigenvalue weighted by molar-refractivity contribution is 6.42. The number of imide groups is 1. The lowest BCUT2D eigenvalue weighted by Gasteiger charge is -2.18. The Kier molecular flexibility index (Phi) is 6.57. The third-order valence-corrected chi connectivity index (χ3v) is 5.59. The molecule has 6 nitrogen and oxygen atoms in total. The van der Waals surface area contributed by atoms with Crippen molar-refractivity contribution >= 4 is 40.9 Å². The summed E-state index contributed by atoms with van der Waals surface area (Å²) in [6.07, 6.45) is 0.552. The number of halogens is 2. The summed E-state index contributed by atoms with van der Waals surface area (Å²) in [5.74, 6) is -1.03. The minimum Gasteiger partial charge on any atom is -0.385 e. The number of ether oxygens (including phenoxy) is 1. The number of carbonyl (C=O) groups is 3. The van der Waals surface area contributed by atoms with Gasteiger partial charge >= 0.3 is 0 Å². The molecule has 0 aliphatic carbocycles. The van der Waals surface area contributed by atoms with Crippen molar-refractivity contribution in [3.05, 3.63) is 68.7 Å². The Labute approximate surface area is 178 Å². The van der Waals surface area contributed by atoms with E-state index in [2.05, 4.69) is 0 Å². The Balaban J connectivity index is 1.78. The van der Waals surface area contributed by atoms with Crippen LogP contribution in [0.15, 0.2) is 36.4 Å². The van der Waals surface area contributed by atoms with Crippen molar-refractivity contribution in [1.82, 2.24) is 9.80 Å². The Morgan fingerprint density at radius 2 is 1.83 bits per heavy atom. The highest BCUT2D eigenvalue weighted by atomic mass is 35.5. The highest BCUT2D eigenvalue weighted by Gasteiger charge is 2.35. The number of methoxy groups -OCH3 is 1. The van der Waals surface area contributed by atoms with E-state index in [0.29, 0.717) is 39.8 Å². The number of rotatable bonds is 7. The van der Waals surface area contributed by atoms with E-state index < -0.39 is 5.91 Å². The molecule has 0 fully saturated rings. The van der Waals surface area contributed by atoms with E-state index in [0.717, 1.165) is 0 Å². The largest absolute Gasteiger partial charge is 0.385 e. The van der Waals surface area contributed by atoms with Crippen LogP contribution in [0.1, 0.15) is 43.1 Å². The first-order valence-corrected chi connectivity index (χ1v) is 9.78. The first-order valence-electron chi connectivity index (χ1n) is 9.02. The van der Waals surface area contributed by atoms with Crippen molar-refractivity contribution < 1.29 is 19.1 Å². The van der Waals surface area contributed by atoms with Gasteiger partial charge in [-0.05, 0) is 36.2 Å². The van der Waals surface area contributed by atoms with Crippen LogP contribution in [0.2, 0.25) is 10.0 Å². The molecule has 29 heavy (non-hydrogen) atoms. The van der Waals surface area contributed by atoms with Gasteiger partial charge in [0, 0.05) is 39.4 Å². The van der Waals surface area contributed by atoms with E-state index in [1.54, 1.807) is 38.4 Å². The molecule has 0 bridgehead atoms. The second-order valence-corrected chi connectivity index (χ2v) is 7.53. The molecule has 0 saturated heterocycles. The number of amides is 3. The van der Waals surface area contributed by atoms with E-state index in [-0.39, 0.29) is 30.5 Å². The maximum absolute atomic E-state index is 12.8. The van der Waals surface area contributed by atoms with E-state index in [9.17, 15) is 14.4 Å². The van der Waals surface area contributed by atoms with Crippen LogP contribution in [0.3, 0.4) is 0 Å². The zero-order chi connectivity index (χ0) is 21.1. The molecule has 0 N–H and O–H groups in total. The van der Waals surface area contributed by atoms with Gasteiger partial charge in [0.25, 0.3) is 17.7 Å². The van der Waals surface area contributed by atoms with Gasteiger partial charge in [-0.2, -0.15) is 0 Å². The van der Waals surface area contributed by atoms with Crippen LogP contribution < -0.4 is 0 Å². The Bertz CT molecular complexity index is 977. The van der Waals surface area contributed by atoms with Crippen LogP contribution in [-0.2, 0) is 11.3 Å². The van der Waals surface area contributed by atoms with Crippen molar-refractivity contribution in [3.63, 3.8) is 0 Å². The third kappa shape index (κ3) is 4.29. The van der Waals surface area contributed by atoms with Gasteiger partial charge in [0.2, 0.25) is 0 Å². The maximum Gasteiger partial charge on any atom is 0.261 e. The monoisotopic (exact) mass is 434 g/mol. The number of nitrogens with zero attached hydrogens (tertiary/aromatic N) is 2. The molecule has 1 aliphatic rings. The summed E-state index contributed by atoms with van der Waals surface area (Å²) in [6, 6.07) is 9.79. The molecule has 8 heteroatoms. The Morgan fingerprint density at radius 3 is 2.55 bits per heavy atom. The number of hydrogen-bond acceptors (Lipinski definition) is 4. The molecule has 0 saturated carbocycles. The normalized spacial score (nSPS) is 13.0. The van der Waals surface area contributed by atoms with Gasteiger partial charge in [0.05, 0.1) is 21.2 Å². The SMILES string of the molecule is COCCCN1C(=O)c2ccc(C(=O)N(C)Cc3cccc(Cl)c3Cl)cc2C1=O. The summed E-state index contributed by atoms with van der Waals surface area (Å²) in [5.41, 5.74) is 1.59. The molecule has 0 radical (unpaired) electrons. The van der Waals surface area contributed by atoms with Crippen molar-refractivity contribution in [1.29, 1.82) is 0 Å². The average Bonchev–Trinajstić information content (AvgIpc) is 2.95. The molecule has 2 aromatic rings. The fourth-order valence-corrected chi connectivity index (χ4v) is 3.59. The van der Waals surface area contributed by atoms with E-state index in [4.69, 9.17) is 27.9 Å². The van der Waals surface area contributed by atoms with Crippen molar-refractivity contribution in [2.24, 2.45) is 0 Å². The molecular formula is C21H20Cl2N2O4. The zero-order valence-corrected chi connectivity index (χ0v) is 17.6. The van der Waals surface area contributed by atoms with Crippen molar-refractivity contribution in [2.45, 2.75) is 13.0 Å². The lowest BCUT2D eigenvalue weighted by atomic mass is 10.0. The quantitative estimate of drug-likeness (QED) is 0.489. The second kappa shape index (κ2) is 8.95. The smallest absolute Gasteiger partial charge is 0.261 e. The minimum absolute atomic E-state index is 0.243. The van der Waals surface area contributed by atoms with E-state index in [1.807, 2.05) is 0 Å². The molecule has 1 heterocycles. The van der Waals surface area contributed by atoms with Gasteiger partial charge in [-0.25, -0.2) is 0 Å². The molecule has 152 valence electrons. The van der Waals surface area contributed by atoms with Gasteiger partial charge < -0.3 is 9.64 Å². The molecule has 0 unspecified atom stereocenters. The van der Waals surface area contributed by atoms with Gasteiger partial charge in [-0.15, -0.1) is 0 Å². The average molecular weight is 435 g/mol. The zero-order valence-electron chi connectivity index (χ0n) is 16.1. The molecule has 0 atom stereocenters. The van der Waals surface area contributed by atoms with Crippen molar-refractivity contribution in [2.75, 3.05) is 27.3 Å². The third-order valence-electron chi connectivity index (χ3n) is 4.73. The summed E-state index contributed by atoms with van der Waals surface area (Å²) >= 11 is 12.2. The molecule has 0 aromatic heterocycles. The summed E-state index contributed by atoms with van der Waals surface area (Å²) in [7, 11) is 3.20. The molecule has 3 rings (SSSR count). The summed E-state index contributed by atoms with van der Waals surface area (Å²) in [4.78, 5) is 40.6. The molecule has 2 aromatic carbocycles. The highest BCUT2D eigenvalue weighted by Crippen LogP contribution is 2.28. The van der Waals surface area contributed by atoms with E-state index in [1.165, 1.54) is 21.9 Å². The molecular weight excluding hydrogens is 415 g/mol. The predicted molar refractivity (Wildman–Crippen MR) is 111 cm³/mol. The van der Waals surface area contributed by atoms with E-state index >= 15 is 0 Å². The number of fused-ring (bicyclic) bond motifs is 1. The fraction of sp³-hybridized carbons (Fsp3) is 0.286. The van der Waals surface area contributed by atoms with Gasteiger partial charge in [0.15, 0.2) is 0 Å². The maximum atomic E-state index is 12.8. The second-order valence-electron chi connectivity index (χ2n) is 6.74.